The average molecular weight is 257 g/mol. The van der Waals surface area contributed by atoms with Gasteiger partial charge < -0.3 is 25.3 Å². The van der Waals surface area contributed by atoms with E-state index in [-0.39, 0.29) is 37.9 Å². The molecule has 1 amide bonds. The lowest BCUT2D eigenvalue weighted by Crippen LogP contribution is -2.29. The van der Waals surface area contributed by atoms with Crippen LogP contribution in [-0.2, 0) is 11.8 Å². The van der Waals surface area contributed by atoms with Crippen LogP contribution in [0.3, 0.4) is 0 Å². The first-order valence-corrected chi connectivity index (χ1v) is 5.35. The van der Waals surface area contributed by atoms with Gasteiger partial charge in [-0.25, -0.2) is 4.57 Å². The summed E-state index contributed by atoms with van der Waals surface area (Å²) in [6.07, 6.45) is 0. The highest BCUT2D eigenvalue weighted by atomic mass is 16.6. The number of ether oxygens (including phenoxy) is 1. The van der Waals surface area contributed by atoms with E-state index in [1.165, 1.54) is 23.7 Å². The van der Waals surface area contributed by atoms with E-state index in [0.29, 0.717) is 0 Å². The van der Waals surface area contributed by atoms with Crippen LogP contribution in [0.1, 0.15) is 10.5 Å². The number of nitrogens with one attached hydrogen (secondary N) is 1. The van der Waals surface area contributed by atoms with Crippen LogP contribution in [0.5, 0.6) is 0 Å². The number of nitrogens with zero attached hydrogens (tertiary/aromatic N) is 2. The van der Waals surface area contributed by atoms with Crippen molar-refractivity contribution in [1.82, 2.24) is 9.88 Å². The van der Waals surface area contributed by atoms with Crippen LogP contribution in [0, 0.1) is 10.1 Å². The minimum atomic E-state index is -0.554. The van der Waals surface area contributed by atoms with E-state index < -0.39 is 10.8 Å². The molecule has 0 bridgehead atoms. The van der Waals surface area contributed by atoms with Crippen LogP contribution < -0.4 is 5.32 Å². The SMILES string of the molecule is Cn1c(C(=O)NCCOCCO)ccc1[N+](=O)[O-]. The third-order valence-corrected chi connectivity index (χ3v) is 2.28. The molecule has 1 heterocycles. The van der Waals surface area contributed by atoms with Crippen molar-refractivity contribution in [2.45, 2.75) is 0 Å². The highest BCUT2D eigenvalue weighted by molar-refractivity contribution is 5.93. The van der Waals surface area contributed by atoms with Gasteiger partial charge in [-0.05, 0) is 11.0 Å². The van der Waals surface area contributed by atoms with Gasteiger partial charge in [-0.3, -0.25) is 4.79 Å². The van der Waals surface area contributed by atoms with Crippen molar-refractivity contribution in [2.24, 2.45) is 7.05 Å². The van der Waals surface area contributed by atoms with E-state index in [4.69, 9.17) is 9.84 Å². The number of nitro groups is 1. The van der Waals surface area contributed by atoms with Crippen molar-refractivity contribution in [3.63, 3.8) is 0 Å². The summed E-state index contributed by atoms with van der Waals surface area (Å²) in [5.41, 5.74) is 0.212. The Morgan fingerprint density at radius 3 is 2.83 bits per heavy atom. The van der Waals surface area contributed by atoms with Crippen LogP contribution in [-0.4, -0.2) is 46.9 Å². The Balaban J connectivity index is 2.49. The molecule has 8 nitrogen and oxygen atoms in total. The van der Waals surface area contributed by atoms with Gasteiger partial charge in [0.15, 0.2) is 5.69 Å². The summed E-state index contributed by atoms with van der Waals surface area (Å²) in [7, 11) is 1.45. The van der Waals surface area contributed by atoms with Gasteiger partial charge in [0.25, 0.3) is 5.91 Å². The van der Waals surface area contributed by atoms with Crippen molar-refractivity contribution < 1.29 is 19.6 Å². The first kappa shape index (κ1) is 14.1. The standard InChI is InChI=1S/C10H15N3O5/c1-12-8(2-3-9(12)13(16)17)10(15)11-4-6-18-7-5-14/h2-3,14H,4-7H2,1H3,(H,11,15). The second-order valence-electron chi connectivity index (χ2n) is 3.48. The van der Waals surface area contributed by atoms with Gasteiger partial charge in [0.05, 0.1) is 26.9 Å². The third kappa shape index (κ3) is 3.54. The number of amides is 1. The zero-order valence-corrected chi connectivity index (χ0v) is 9.96. The van der Waals surface area contributed by atoms with Gasteiger partial charge >= 0.3 is 5.82 Å². The minimum Gasteiger partial charge on any atom is -0.394 e. The number of aromatic nitrogens is 1. The van der Waals surface area contributed by atoms with Crippen LogP contribution in [0.4, 0.5) is 5.82 Å². The number of hydrogen-bond donors (Lipinski definition) is 2. The van der Waals surface area contributed by atoms with E-state index in [1.807, 2.05) is 0 Å². The fourth-order valence-corrected chi connectivity index (χ4v) is 1.41. The maximum atomic E-state index is 11.7. The fourth-order valence-electron chi connectivity index (χ4n) is 1.41. The summed E-state index contributed by atoms with van der Waals surface area (Å²) < 4.78 is 6.18. The Kier molecular flexibility index (Phi) is 5.28. The molecule has 0 spiro atoms. The van der Waals surface area contributed by atoms with Crippen molar-refractivity contribution in [3.05, 3.63) is 27.9 Å². The molecule has 0 aliphatic heterocycles. The second kappa shape index (κ2) is 6.72. The second-order valence-corrected chi connectivity index (χ2v) is 3.48. The predicted octanol–water partition coefficient (Wildman–Crippen LogP) is -0.328. The maximum Gasteiger partial charge on any atom is 0.323 e. The summed E-state index contributed by atoms with van der Waals surface area (Å²) in [6, 6.07) is 2.67. The number of rotatable bonds is 7. The summed E-state index contributed by atoms with van der Waals surface area (Å²) in [5.74, 6) is -0.546. The molecule has 1 rings (SSSR count). The maximum absolute atomic E-state index is 11.7. The number of carbonyl (C=O) groups is 1. The zero-order valence-electron chi connectivity index (χ0n) is 9.96. The number of aliphatic hydroxyl groups excluding tert-OH is 1. The number of aliphatic hydroxyl groups is 1. The molecule has 0 fully saturated rings. The van der Waals surface area contributed by atoms with E-state index in [2.05, 4.69) is 5.32 Å². The van der Waals surface area contributed by atoms with Crippen molar-refractivity contribution in [3.8, 4) is 0 Å². The Bertz CT molecular complexity index is 429. The Hall–Kier alpha value is -1.93. The molecule has 0 radical (unpaired) electrons. The molecular weight excluding hydrogens is 242 g/mol. The molecule has 8 heteroatoms. The van der Waals surface area contributed by atoms with Crippen molar-refractivity contribution >= 4 is 11.7 Å². The topological polar surface area (TPSA) is 107 Å². The normalized spacial score (nSPS) is 10.3. The van der Waals surface area contributed by atoms with E-state index in [1.54, 1.807) is 0 Å². The van der Waals surface area contributed by atoms with Gasteiger partial charge in [0.2, 0.25) is 0 Å². The average Bonchev–Trinajstić information content (AvgIpc) is 2.70. The Morgan fingerprint density at radius 1 is 1.56 bits per heavy atom. The molecule has 1 aromatic rings. The smallest absolute Gasteiger partial charge is 0.323 e. The van der Waals surface area contributed by atoms with Crippen molar-refractivity contribution in [2.75, 3.05) is 26.4 Å². The molecule has 2 N–H and O–H groups in total. The molecule has 1 aromatic heterocycles. The quantitative estimate of drug-likeness (QED) is 0.395. The largest absolute Gasteiger partial charge is 0.394 e. The van der Waals surface area contributed by atoms with Gasteiger partial charge in [-0.15, -0.1) is 0 Å². The molecular formula is C10H15N3O5. The molecule has 0 atom stereocenters. The van der Waals surface area contributed by atoms with Crippen LogP contribution >= 0.6 is 0 Å². The third-order valence-electron chi connectivity index (χ3n) is 2.28. The summed E-state index contributed by atoms with van der Waals surface area (Å²) in [4.78, 5) is 21.7. The molecule has 0 saturated carbocycles. The summed E-state index contributed by atoms with van der Waals surface area (Å²) >= 11 is 0. The first-order valence-electron chi connectivity index (χ1n) is 5.35. The van der Waals surface area contributed by atoms with Crippen LogP contribution in [0.2, 0.25) is 0 Å². The van der Waals surface area contributed by atoms with Gasteiger partial charge in [0, 0.05) is 12.6 Å². The fraction of sp³-hybridized carbons (Fsp3) is 0.500. The van der Waals surface area contributed by atoms with E-state index >= 15 is 0 Å². The van der Waals surface area contributed by atoms with E-state index in [9.17, 15) is 14.9 Å². The van der Waals surface area contributed by atoms with Crippen molar-refractivity contribution in [1.29, 1.82) is 0 Å². The predicted molar refractivity (Wildman–Crippen MR) is 62.3 cm³/mol. The number of carbonyl (C=O) groups excluding carboxylic acids is 1. The lowest BCUT2D eigenvalue weighted by atomic mass is 10.4. The Labute approximate surface area is 103 Å². The Morgan fingerprint density at radius 2 is 2.28 bits per heavy atom. The molecule has 18 heavy (non-hydrogen) atoms. The van der Waals surface area contributed by atoms with Gasteiger partial charge in [0.1, 0.15) is 0 Å². The molecule has 0 saturated heterocycles. The van der Waals surface area contributed by atoms with Crippen LogP contribution in [0.15, 0.2) is 12.1 Å². The first-order chi connectivity index (χ1) is 8.57. The molecule has 0 aromatic carbocycles. The minimum absolute atomic E-state index is 0.0715. The molecule has 0 unspecified atom stereocenters. The van der Waals surface area contributed by atoms with Gasteiger partial charge in [-0.1, -0.05) is 0 Å². The van der Waals surface area contributed by atoms with Crippen LogP contribution in [0.25, 0.3) is 0 Å². The number of hydrogen-bond acceptors (Lipinski definition) is 5. The monoisotopic (exact) mass is 257 g/mol. The van der Waals surface area contributed by atoms with E-state index in [0.717, 1.165) is 0 Å². The highest BCUT2D eigenvalue weighted by Gasteiger charge is 2.19. The zero-order chi connectivity index (χ0) is 13.5. The molecule has 100 valence electrons. The van der Waals surface area contributed by atoms with Gasteiger partial charge in [-0.2, -0.15) is 0 Å². The molecule has 0 aliphatic rings. The molecule has 0 aliphatic carbocycles. The highest BCUT2D eigenvalue weighted by Crippen LogP contribution is 2.14. The summed E-state index contributed by atoms with van der Waals surface area (Å²) in [6.45, 7) is 0.695. The lowest BCUT2D eigenvalue weighted by molar-refractivity contribution is -0.391. The summed E-state index contributed by atoms with van der Waals surface area (Å²) in [5, 5.41) is 21.6. The lowest BCUT2D eigenvalue weighted by Gasteiger charge is -2.04.